The smallest absolute Gasteiger partial charge is 0.480 e. The Hall–Kier alpha value is -4.69. The lowest BCUT2D eigenvalue weighted by Gasteiger charge is -2.26. The Balaban J connectivity index is 1.26. The van der Waals surface area contributed by atoms with E-state index < -0.39 is 18.0 Å². The Morgan fingerprint density at radius 1 is 1.05 bits per heavy atom. The highest BCUT2D eigenvalue weighted by Gasteiger charge is 2.32. The highest BCUT2D eigenvalue weighted by atomic mass is 19.4. The van der Waals surface area contributed by atoms with Crippen LogP contribution in [-0.2, 0) is 11.3 Å². The normalized spacial score (nSPS) is 13.9. The molecule has 0 atom stereocenters. The summed E-state index contributed by atoms with van der Waals surface area (Å²) in [6.45, 7) is 4.42. The molecule has 232 valence electrons. The van der Waals surface area contributed by atoms with Gasteiger partial charge < -0.3 is 24.8 Å². The first-order valence-corrected chi connectivity index (χ1v) is 13.9. The van der Waals surface area contributed by atoms with E-state index in [1.54, 1.807) is 30.3 Å². The number of nitrogens with one attached hydrogen (secondary N) is 3. The molecule has 14 heteroatoms. The average molecular weight is 613 g/mol. The van der Waals surface area contributed by atoms with Crippen LogP contribution in [0, 0.1) is 0 Å². The van der Waals surface area contributed by atoms with Crippen LogP contribution in [0.3, 0.4) is 0 Å². The van der Waals surface area contributed by atoms with Gasteiger partial charge >= 0.3 is 6.36 Å². The third-order valence-corrected chi connectivity index (χ3v) is 7.08. The Morgan fingerprint density at radius 2 is 1.84 bits per heavy atom. The first-order chi connectivity index (χ1) is 21.2. The zero-order valence-electron chi connectivity index (χ0n) is 23.9. The third-order valence-electron chi connectivity index (χ3n) is 7.08. The van der Waals surface area contributed by atoms with Crippen molar-refractivity contribution in [1.82, 2.24) is 30.7 Å². The second kappa shape index (κ2) is 13.7. The molecule has 3 heterocycles. The summed E-state index contributed by atoms with van der Waals surface area (Å²) in [7, 11) is 1.36. The van der Waals surface area contributed by atoms with E-state index in [-0.39, 0.29) is 35.2 Å². The largest absolute Gasteiger partial charge is 0.573 e. The van der Waals surface area contributed by atoms with E-state index in [2.05, 4.69) is 35.5 Å². The number of ether oxygens (including phenoxy) is 3. The maximum absolute atomic E-state index is 13.1. The van der Waals surface area contributed by atoms with Gasteiger partial charge in [-0.15, -0.1) is 13.2 Å². The zero-order chi connectivity index (χ0) is 31.1. The number of morpholine rings is 1. The molecular weight excluding hydrogens is 581 g/mol. The molecule has 1 aliphatic rings. The van der Waals surface area contributed by atoms with Gasteiger partial charge in [0.2, 0.25) is 5.88 Å². The number of nitrogens with zero attached hydrogens (tertiary/aromatic N) is 3. The maximum atomic E-state index is 13.1. The Bertz CT molecular complexity index is 1620. The fourth-order valence-electron chi connectivity index (χ4n) is 4.87. The number of H-pyrrole nitrogens is 1. The number of rotatable bonds is 11. The van der Waals surface area contributed by atoms with Gasteiger partial charge in [0.25, 0.3) is 11.8 Å². The number of hydrogen-bond acceptors (Lipinski definition) is 8. The molecule has 1 aliphatic heterocycles. The highest BCUT2D eigenvalue weighted by molar-refractivity contribution is 6.05. The summed E-state index contributed by atoms with van der Waals surface area (Å²) in [6, 6.07) is 12.4. The van der Waals surface area contributed by atoms with Crippen LogP contribution in [0.15, 0.2) is 54.7 Å². The van der Waals surface area contributed by atoms with E-state index in [4.69, 9.17) is 9.47 Å². The van der Waals surface area contributed by atoms with Crippen LogP contribution in [0.25, 0.3) is 22.0 Å². The summed E-state index contributed by atoms with van der Waals surface area (Å²) in [4.78, 5) is 32.5. The highest BCUT2D eigenvalue weighted by Crippen LogP contribution is 2.29. The molecule has 3 N–H and O–H groups in total. The maximum Gasteiger partial charge on any atom is 0.573 e. The van der Waals surface area contributed by atoms with Gasteiger partial charge in [-0.1, -0.05) is 24.3 Å². The van der Waals surface area contributed by atoms with Gasteiger partial charge in [-0.3, -0.25) is 19.6 Å². The van der Waals surface area contributed by atoms with Crippen molar-refractivity contribution < 1.29 is 37.0 Å². The van der Waals surface area contributed by atoms with E-state index >= 15 is 0 Å². The van der Waals surface area contributed by atoms with E-state index in [1.807, 2.05) is 0 Å². The molecule has 2 amide bonds. The number of alkyl halides is 3. The standard InChI is InChI=1S/C30H31F3N6O5/c1-42-29-23(27(40)35-17-20-5-2-3-6-25(20)44-30(31,32)33)15-21(18-36-29)19-7-8-22-24(16-19)37-38-26(22)28(41)34-9-4-10-39-11-13-43-14-12-39/h2-3,5-8,15-16,18H,4,9-14,17H2,1H3,(H,34,41)(H,35,40)(H,37,38). The Kier molecular flexibility index (Phi) is 9.60. The van der Waals surface area contributed by atoms with E-state index in [9.17, 15) is 22.8 Å². The number of aromatic nitrogens is 3. The van der Waals surface area contributed by atoms with Crippen molar-refractivity contribution in [3.8, 4) is 22.8 Å². The molecule has 0 radical (unpaired) electrons. The molecule has 2 aromatic heterocycles. The van der Waals surface area contributed by atoms with Crippen molar-refractivity contribution in [1.29, 1.82) is 0 Å². The molecule has 0 saturated carbocycles. The summed E-state index contributed by atoms with van der Waals surface area (Å²) in [5.41, 5.74) is 2.38. The molecule has 0 unspecified atom stereocenters. The van der Waals surface area contributed by atoms with Crippen LogP contribution in [0.4, 0.5) is 13.2 Å². The lowest BCUT2D eigenvalue weighted by molar-refractivity contribution is -0.274. The fourth-order valence-corrected chi connectivity index (χ4v) is 4.87. The van der Waals surface area contributed by atoms with Gasteiger partial charge in [0.05, 0.1) is 25.8 Å². The van der Waals surface area contributed by atoms with Crippen LogP contribution >= 0.6 is 0 Å². The summed E-state index contributed by atoms with van der Waals surface area (Å²) in [6.07, 6.45) is -2.53. The van der Waals surface area contributed by atoms with Gasteiger partial charge in [0, 0.05) is 48.9 Å². The van der Waals surface area contributed by atoms with E-state index in [0.29, 0.717) is 28.6 Å². The predicted molar refractivity (Wildman–Crippen MR) is 154 cm³/mol. The molecule has 0 spiro atoms. The second-order valence-corrected chi connectivity index (χ2v) is 10.0. The van der Waals surface area contributed by atoms with Crippen molar-refractivity contribution >= 4 is 22.7 Å². The van der Waals surface area contributed by atoms with Crippen molar-refractivity contribution in [3.05, 3.63) is 71.5 Å². The first-order valence-electron chi connectivity index (χ1n) is 13.9. The fraction of sp³-hybridized carbons (Fsp3) is 0.333. The van der Waals surface area contributed by atoms with Crippen LogP contribution < -0.4 is 20.1 Å². The monoisotopic (exact) mass is 612 g/mol. The summed E-state index contributed by atoms with van der Waals surface area (Å²) < 4.78 is 53.0. The second-order valence-electron chi connectivity index (χ2n) is 10.0. The summed E-state index contributed by atoms with van der Waals surface area (Å²) >= 11 is 0. The van der Waals surface area contributed by atoms with E-state index in [0.717, 1.165) is 39.3 Å². The SMILES string of the molecule is COc1ncc(-c2ccc3c(C(=O)NCCCN4CCOCC4)n[nH]c3c2)cc1C(=O)NCc1ccccc1OC(F)(F)F. The molecule has 0 aliphatic carbocycles. The molecule has 44 heavy (non-hydrogen) atoms. The van der Waals surface area contributed by atoms with Crippen molar-refractivity contribution in [3.63, 3.8) is 0 Å². The zero-order valence-corrected chi connectivity index (χ0v) is 23.9. The van der Waals surface area contributed by atoms with Crippen LogP contribution in [-0.4, -0.2) is 84.8 Å². The molecule has 1 saturated heterocycles. The number of benzene rings is 2. The van der Waals surface area contributed by atoms with Crippen LogP contribution in [0.5, 0.6) is 11.6 Å². The van der Waals surface area contributed by atoms with Gasteiger partial charge in [-0.05, 0) is 42.8 Å². The average Bonchev–Trinajstić information content (AvgIpc) is 3.45. The van der Waals surface area contributed by atoms with Gasteiger partial charge in [0.15, 0.2) is 5.69 Å². The van der Waals surface area contributed by atoms with Crippen LogP contribution in [0.2, 0.25) is 0 Å². The number of aromatic amines is 1. The minimum absolute atomic E-state index is 0.0428. The quantitative estimate of drug-likeness (QED) is 0.218. The number of hydrogen-bond donors (Lipinski definition) is 3. The molecule has 1 fully saturated rings. The summed E-state index contributed by atoms with van der Waals surface area (Å²) in [5, 5.41) is 13.3. The Morgan fingerprint density at radius 3 is 2.61 bits per heavy atom. The molecule has 5 rings (SSSR count). The third kappa shape index (κ3) is 7.63. The Labute approximate surface area is 250 Å². The molecular formula is C30H31F3N6O5. The van der Waals surface area contributed by atoms with Crippen molar-refractivity contribution in [2.45, 2.75) is 19.3 Å². The number of para-hydroxylation sites is 1. The molecule has 0 bridgehead atoms. The topological polar surface area (TPSA) is 131 Å². The number of methoxy groups -OCH3 is 1. The lowest BCUT2D eigenvalue weighted by atomic mass is 10.0. The molecule has 2 aromatic carbocycles. The first kappa shape index (κ1) is 30.8. The van der Waals surface area contributed by atoms with Gasteiger partial charge in [-0.25, -0.2) is 4.98 Å². The van der Waals surface area contributed by atoms with Gasteiger partial charge in [-0.2, -0.15) is 5.10 Å². The number of pyridine rings is 1. The van der Waals surface area contributed by atoms with Crippen LogP contribution in [0.1, 0.15) is 32.8 Å². The molecule has 11 nitrogen and oxygen atoms in total. The van der Waals surface area contributed by atoms with Crippen molar-refractivity contribution in [2.24, 2.45) is 0 Å². The minimum atomic E-state index is -4.87. The number of fused-ring (bicyclic) bond motifs is 1. The van der Waals surface area contributed by atoms with E-state index in [1.165, 1.54) is 31.5 Å². The molecule has 4 aromatic rings. The van der Waals surface area contributed by atoms with Gasteiger partial charge in [0.1, 0.15) is 11.3 Å². The predicted octanol–water partition coefficient (Wildman–Crippen LogP) is 3.91. The minimum Gasteiger partial charge on any atom is -0.480 e. The summed E-state index contributed by atoms with van der Waals surface area (Å²) in [5.74, 6) is -1.25. The van der Waals surface area contributed by atoms with Crippen molar-refractivity contribution in [2.75, 3.05) is 46.5 Å². The number of amides is 2. The number of carbonyl (C=O) groups excluding carboxylic acids is 2. The number of carbonyl (C=O) groups is 2. The number of halogens is 3. The lowest BCUT2D eigenvalue weighted by Crippen LogP contribution is -2.38.